The molecule has 2 aromatic heterocycles. The lowest BCUT2D eigenvalue weighted by molar-refractivity contribution is 0.407. The Hall–Kier alpha value is -2.95. The van der Waals surface area contributed by atoms with Crippen molar-refractivity contribution in [2.24, 2.45) is 0 Å². The lowest BCUT2D eigenvalue weighted by atomic mass is 10.1. The molecule has 0 N–H and O–H groups in total. The standard InChI is InChI=1S/C16H12N4O/c1-2-6-12(7-3-1)16-13-8-4-5-9-14(13)20(18-16)10-15-17-11-21-19-15/h1-9,11H,10H2. The molecule has 0 bridgehead atoms. The maximum atomic E-state index is 4.79. The maximum Gasteiger partial charge on any atom is 0.213 e. The van der Waals surface area contributed by atoms with Crippen molar-refractivity contribution >= 4 is 10.9 Å². The van der Waals surface area contributed by atoms with Crippen LogP contribution in [0.25, 0.3) is 22.2 Å². The van der Waals surface area contributed by atoms with Crippen molar-refractivity contribution in [3.05, 3.63) is 66.8 Å². The van der Waals surface area contributed by atoms with E-state index < -0.39 is 0 Å². The van der Waals surface area contributed by atoms with Gasteiger partial charge in [0.05, 0.1) is 5.52 Å². The van der Waals surface area contributed by atoms with Gasteiger partial charge in [-0.1, -0.05) is 53.7 Å². The maximum absolute atomic E-state index is 4.79. The normalized spacial score (nSPS) is 11.0. The van der Waals surface area contributed by atoms with Gasteiger partial charge in [0.1, 0.15) is 12.2 Å². The van der Waals surface area contributed by atoms with Gasteiger partial charge in [-0.3, -0.25) is 4.68 Å². The van der Waals surface area contributed by atoms with Gasteiger partial charge in [0, 0.05) is 10.9 Å². The molecule has 5 heteroatoms. The number of hydrogen-bond acceptors (Lipinski definition) is 4. The van der Waals surface area contributed by atoms with Crippen LogP contribution < -0.4 is 0 Å². The highest BCUT2D eigenvalue weighted by atomic mass is 16.5. The van der Waals surface area contributed by atoms with Gasteiger partial charge >= 0.3 is 0 Å². The molecule has 0 unspecified atom stereocenters. The summed E-state index contributed by atoms with van der Waals surface area (Å²) in [5.74, 6) is 0.614. The van der Waals surface area contributed by atoms with Crippen LogP contribution in [0.2, 0.25) is 0 Å². The van der Waals surface area contributed by atoms with E-state index in [1.807, 2.05) is 35.0 Å². The molecular formula is C16H12N4O. The molecule has 102 valence electrons. The highest BCUT2D eigenvalue weighted by molar-refractivity contribution is 5.93. The second-order valence-electron chi connectivity index (χ2n) is 4.74. The van der Waals surface area contributed by atoms with Crippen molar-refractivity contribution in [1.29, 1.82) is 0 Å². The molecule has 0 saturated carbocycles. The van der Waals surface area contributed by atoms with Crippen LogP contribution in [-0.2, 0) is 6.54 Å². The number of fused-ring (bicyclic) bond motifs is 1. The summed E-state index contributed by atoms with van der Waals surface area (Å²) in [5, 5.41) is 9.70. The van der Waals surface area contributed by atoms with Gasteiger partial charge < -0.3 is 4.52 Å². The Morgan fingerprint density at radius 3 is 2.57 bits per heavy atom. The van der Waals surface area contributed by atoms with Crippen molar-refractivity contribution < 1.29 is 4.52 Å². The van der Waals surface area contributed by atoms with Gasteiger partial charge in [-0.05, 0) is 6.07 Å². The van der Waals surface area contributed by atoms with Gasteiger partial charge in [-0.2, -0.15) is 10.1 Å². The third-order valence-electron chi connectivity index (χ3n) is 3.40. The average molecular weight is 276 g/mol. The van der Waals surface area contributed by atoms with Crippen molar-refractivity contribution in [3.8, 4) is 11.3 Å². The van der Waals surface area contributed by atoms with E-state index in [0.717, 1.165) is 22.2 Å². The third kappa shape index (κ3) is 2.08. The molecule has 2 heterocycles. The predicted molar refractivity (Wildman–Crippen MR) is 78.6 cm³/mol. The highest BCUT2D eigenvalue weighted by Crippen LogP contribution is 2.27. The van der Waals surface area contributed by atoms with Gasteiger partial charge in [-0.15, -0.1) is 0 Å². The van der Waals surface area contributed by atoms with E-state index >= 15 is 0 Å². The molecule has 21 heavy (non-hydrogen) atoms. The Morgan fingerprint density at radius 1 is 0.952 bits per heavy atom. The minimum Gasteiger partial charge on any atom is -0.343 e. The van der Waals surface area contributed by atoms with Crippen LogP contribution in [-0.4, -0.2) is 19.9 Å². The highest BCUT2D eigenvalue weighted by Gasteiger charge is 2.13. The van der Waals surface area contributed by atoms with E-state index in [9.17, 15) is 0 Å². The van der Waals surface area contributed by atoms with Crippen molar-refractivity contribution in [3.63, 3.8) is 0 Å². The van der Waals surface area contributed by atoms with Crippen LogP contribution in [0.1, 0.15) is 5.82 Å². The van der Waals surface area contributed by atoms with Crippen LogP contribution in [0.3, 0.4) is 0 Å². The fourth-order valence-corrected chi connectivity index (χ4v) is 2.45. The molecule has 2 aromatic carbocycles. The predicted octanol–water partition coefficient (Wildman–Crippen LogP) is 3.13. The van der Waals surface area contributed by atoms with E-state index in [2.05, 4.69) is 34.4 Å². The molecule has 0 saturated heterocycles. The monoisotopic (exact) mass is 276 g/mol. The molecule has 0 aliphatic rings. The first-order chi connectivity index (χ1) is 10.4. The lowest BCUT2D eigenvalue weighted by Crippen LogP contribution is -2.03. The van der Waals surface area contributed by atoms with Gasteiger partial charge in [0.2, 0.25) is 6.39 Å². The number of benzene rings is 2. The minimum atomic E-state index is 0.490. The van der Waals surface area contributed by atoms with Gasteiger partial charge in [0.25, 0.3) is 0 Å². The first-order valence-electron chi connectivity index (χ1n) is 6.68. The average Bonchev–Trinajstić information content (AvgIpc) is 3.17. The molecular weight excluding hydrogens is 264 g/mol. The molecule has 0 aliphatic heterocycles. The van der Waals surface area contributed by atoms with Gasteiger partial charge in [0.15, 0.2) is 5.82 Å². The topological polar surface area (TPSA) is 56.7 Å². The fourth-order valence-electron chi connectivity index (χ4n) is 2.45. The number of hydrogen-bond donors (Lipinski definition) is 0. The van der Waals surface area contributed by atoms with E-state index in [-0.39, 0.29) is 0 Å². The number of nitrogens with zero attached hydrogens (tertiary/aromatic N) is 4. The molecule has 0 amide bonds. The van der Waals surface area contributed by atoms with E-state index in [0.29, 0.717) is 12.4 Å². The van der Waals surface area contributed by atoms with Gasteiger partial charge in [-0.25, -0.2) is 0 Å². The first-order valence-corrected chi connectivity index (χ1v) is 6.68. The Labute approximate surface area is 120 Å². The summed E-state index contributed by atoms with van der Waals surface area (Å²) in [6.07, 6.45) is 1.33. The van der Waals surface area contributed by atoms with Crippen LogP contribution in [0.15, 0.2) is 65.5 Å². The Kier molecular flexibility index (Phi) is 2.74. The zero-order chi connectivity index (χ0) is 14.1. The number of aromatic nitrogens is 4. The lowest BCUT2D eigenvalue weighted by Gasteiger charge is -1.98. The third-order valence-corrected chi connectivity index (χ3v) is 3.40. The molecule has 0 atom stereocenters. The zero-order valence-corrected chi connectivity index (χ0v) is 11.2. The van der Waals surface area contributed by atoms with Crippen LogP contribution >= 0.6 is 0 Å². The second-order valence-corrected chi connectivity index (χ2v) is 4.74. The van der Waals surface area contributed by atoms with Crippen molar-refractivity contribution in [2.75, 3.05) is 0 Å². The molecule has 4 rings (SSSR count). The quantitative estimate of drug-likeness (QED) is 0.577. The molecule has 5 nitrogen and oxygen atoms in total. The van der Waals surface area contributed by atoms with Crippen LogP contribution in [0.5, 0.6) is 0 Å². The minimum absolute atomic E-state index is 0.490. The summed E-state index contributed by atoms with van der Waals surface area (Å²) < 4.78 is 6.69. The first kappa shape index (κ1) is 11.8. The largest absolute Gasteiger partial charge is 0.343 e. The SMILES string of the molecule is c1ccc(-c2nn(Cc3ncon3)c3ccccc23)cc1. The summed E-state index contributed by atoms with van der Waals surface area (Å²) >= 11 is 0. The summed E-state index contributed by atoms with van der Waals surface area (Å²) in [6, 6.07) is 18.3. The molecule has 0 fully saturated rings. The molecule has 4 aromatic rings. The number of rotatable bonds is 3. The molecule has 0 spiro atoms. The molecule has 0 aliphatic carbocycles. The zero-order valence-electron chi connectivity index (χ0n) is 11.2. The Morgan fingerprint density at radius 2 is 1.76 bits per heavy atom. The second kappa shape index (κ2) is 4.86. The Balaban J connectivity index is 1.89. The summed E-state index contributed by atoms with van der Waals surface area (Å²) in [4.78, 5) is 4.06. The van der Waals surface area contributed by atoms with Crippen LogP contribution in [0, 0.1) is 0 Å². The van der Waals surface area contributed by atoms with Crippen molar-refractivity contribution in [1.82, 2.24) is 19.9 Å². The Bertz CT molecular complexity index is 866. The summed E-state index contributed by atoms with van der Waals surface area (Å²) in [5.41, 5.74) is 3.12. The van der Waals surface area contributed by atoms with E-state index in [4.69, 9.17) is 9.62 Å². The molecule has 0 radical (unpaired) electrons. The summed E-state index contributed by atoms with van der Waals surface area (Å²) in [6.45, 7) is 0.490. The van der Waals surface area contributed by atoms with E-state index in [1.165, 1.54) is 6.39 Å². The smallest absolute Gasteiger partial charge is 0.213 e. The van der Waals surface area contributed by atoms with Crippen molar-refractivity contribution in [2.45, 2.75) is 6.54 Å². The summed E-state index contributed by atoms with van der Waals surface area (Å²) in [7, 11) is 0. The van der Waals surface area contributed by atoms with E-state index in [1.54, 1.807) is 0 Å². The number of para-hydroxylation sites is 1. The fraction of sp³-hybridized carbons (Fsp3) is 0.0625. The van der Waals surface area contributed by atoms with Crippen LogP contribution in [0.4, 0.5) is 0 Å².